The van der Waals surface area contributed by atoms with Crippen molar-refractivity contribution >= 4 is 18.1 Å². The Labute approximate surface area is 163 Å². The molecule has 0 amide bonds. The Balaban J connectivity index is 0.000000696. The molecule has 1 saturated heterocycles. The second kappa shape index (κ2) is 12.0. The van der Waals surface area contributed by atoms with Crippen LogP contribution in [-0.4, -0.2) is 87.2 Å². The standard InChI is InChI=1S/C16H25O6S.BF4/c17-6-14(22-8-11-4-2-1-3-5-11)12(19)9-23-10-13(20)16(21)15(23)7-18;2-1(3,4)5/h1-5,12-21H,6-10H2;/q+1;-1/t12-,13-,14+,15-,16+,23?;/m1./s1. The lowest BCUT2D eigenvalue weighted by atomic mass is 10.2. The van der Waals surface area contributed by atoms with Crippen LogP contribution in [0.2, 0.25) is 0 Å². The Morgan fingerprint density at radius 3 is 2.18 bits per heavy atom. The van der Waals surface area contributed by atoms with E-state index in [0.29, 0.717) is 5.75 Å². The molecule has 1 aromatic rings. The van der Waals surface area contributed by atoms with Crippen molar-refractivity contribution in [2.45, 2.75) is 36.3 Å². The van der Waals surface area contributed by atoms with E-state index in [9.17, 15) is 42.8 Å². The van der Waals surface area contributed by atoms with E-state index in [-0.39, 0.29) is 25.6 Å². The fourth-order valence-electron chi connectivity index (χ4n) is 2.68. The fraction of sp³-hybridized carbons (Fsp3) is 0.625. The first-order valence-corrected chi connectivity index (χ1v) is 10.1. The average Bonchev–Trinajstić information content (AvgIpc) is 2.88. The molecule has 6 atom stereocenters. The third-order valence-corrected chi connectivity index (χ3v) is 6.89. The van der Waals surface area contributed by atoms with Crippen LogP contribution in [0.15, 0.2) is 30.3 Å². The first-order chi connectivity index (χ1) is 13.1. The van der Waals surface area contributed by atoms with Crippen molar-refractivity contribution in [3.05, 3.63) is 35.9 Å². The van der Waals surface area contributed by atoms with Gasteiger partial charge in [-0.1, -0.05) is 30.3 Å². The van der Waals surface area contributed by atoms with E-state index in [1.165, 1.54) is 0 Å². The molecular formula is C16H25BF4O6S. The predicted molar refractivity (Wildman–Crippen MR) is 98.3 cm³/mol. The molecule has 0 spiro atoms. The van der Waals surface area contributed by atoms with Crippen molar-refractivity contribution in [2.24, 2.45) is 0 Å². The minimum absolute atomic E-state index is 0.233. The quantitative estimate of drug-likeness (QED) is 0.224. The molecule has 6 nitrogen and oxygen atoms in total. The van der Waals surface area contributed by atoms with Crippen LogP contribution < -0.4 is 0 Å². The van der Waals surface area contributed by atoms with Crippen LogP contribution in [0, 0.1) is 0 Å². The first-order valence-electron chi connectivity index (χ1n) is 8.51. The van der Waals surface area contributed by atoms with Crippen molar-refractivity contribution in [2.75, 3.05) is 24.7 Å². The van der Waals surface area contributed by atoms with Crippen LogP contribution >= 0.6 is 0 Å². The van der Waals surface area contributed by atoms with Gasteiger partial charge >= 0.3 is 7.25 Å². The highest BCUT2D eigenvalue weighted by Crippen LogP contribution is 2.25. The summed E-state index contributed by atoms with van der Waals surface area (Å²) >= 11 is 0. The molecule has 1 heterocycles. The van der Waals surface area contributed by atoms with Crippen molar-refractivity contribution in [1.29, 1.82) is 0 Å². The Hall–Kier alpha value is -0.885. The zero-order chi connectivity index (χ0) is 21.3. The smallest absolute Gasteiger partial charge is 0.418 e. The van der Waals surface area contributed by atoms with E-state index in [2.05, 4.69) is 0 Å². The maximum absolute atomic E-state index is 10.3. The van der Waals surface area contributed by atoms with Crippen molar-refractivity contribution < 1.29 is 47.5 Å². The summed E-state index contributed by atoms with van der Waals surface area (Å²) in [6.45, 7) is -0.269. The maximum atomic E-state index is 10.3. The molecule has 0 saturated carbocycles. The van der Waals surface area contributed by atoms with Crippen LogP contribution in [0.3, 0.4) is 0 Å². The minimum atomic E-state index is -6.00. The monoisotopic (exact) mass is 432 g/mol. The molecule has 0 aliphatic carbocycles. The first kappa shape index (κ1) is 25.2. The van der Waals surface area contributed by atoms with Crippen LogP contribution in [-0.2, 0) is 22.2 Å². The van der Waals surface area contributed by atoms with Gasteiger partial charge in [0.05, 0.1) is 19.8 Å². The molecule has 0 bridgehead atoms. The summed E-state index contributed by atoms with van der Waals surface area (Å²) in [4.78, 5) is 0. The van der Waals surface area contributed by atoms with Crippen molar-refractivity contribution in [1.82, 2.24) is 0 Å². The number of hydrogen-bond acceptors (Lipinski definition) is 6. The van der Waals surface area contributed by atoms with Gasteiger partial charge in [-0.2, -0.15) is 0 Å². The normalized spacial score (nSPS) is 27.0. The lowest BCUT2D eigenvalue weighted by molar-refractivity contribution is -0.0623. The van der Waals surface area contributed by atoms with Crippen LogP contribution in [0.4, 0.5) is 17.3 Å². The third kappa shape index (κ3) is 9.08. The van der Waals surface area contributed by atoms with Gasteiger partial charge in [0, 0.05) is 10.9 Å². The van der Waals surface area contributed by atoms with Gasteiger partial charge in [-0.3, -0.25) is 0 Å². The topological polar surface area (TPSA) is 110 Å². The Kier molecular flexibility index (Phi) is 10.7. The Bertz CT molecular complexity index is 550. The number of hydrogen-bond donors (Lipinski definition) is 5. The molecule has 1 unspecified atom stereocenters. The molecule has 1 fully saturated rings. The molecular weight excluding hydrogens is 407 g/mol. The average molecular weight is 432 g/mol. The number of ether oxygens (including phenoxy) is 1. The Morgan fingerprint density at radius 1 is 1.11 bits per heavy atom. The summed E-state index contributed by atoms with van der Waals surface area (Å²) in [5.74, 6) is 0.625. The number of halogens is 4. The highest BCUT2D eigenvalue weighted by Gasteiger charge is 2.50. The predicted octanol–water partition coefficient (Wildman–Crippen LogP) is -0.0604. The van der Waals surface area contributed by atoms with E-state index >= 15 is 0 Å². The summed E-state index contributed by atoms with van der Waals surface area (Å²) in [6.07, 6.45) is -3.50. The summed E-state index contributed by atoms with van der Waals surface area (Å²) in [5.41, 5.74) is 0.945. The van der Waals surface area contributed by atoms with Crippen LogP contribution in [0.5, 0.6) is 0 Å². The maximum Gasteiger partial charge on any atom is 0.673 e. The van der Waals surface area contributed by atoms with Crippen molar-refractivity contribution in [3.8, 4) is 0 Å². The van der Waals surface area contributed by atoms with Gasteiger partial charge in [0.15, 0.2) is 5.25 Å². The fourth-order valence-corrected chi connectivity index (χ4v) is 5.39. The molecule has 1 aromatic carbocycles. The van der Waals surface area contributed by atoms with Gasteiger partial charge < -0.3 is 47.5 Å². The van der Waals surface area contributed by atoms with Gasteiger partial charge in [-0.05, 0) is 5.56 Å². The molecule has 28 heavy (non-hydrogen) atoms. The van der Waals surface area contributed by atoms with E-state index in [1.54, 1.807) is 0 Å². The molecule has 12 heteroatoms. The van der Waals surface area contributed by atoms with Crippen LogP contribution in [0.25, 0.3) is 0 Å². The third-order valence-electron chi connectivity index (χ3n) is 4.07. The SMILES string of the molecule is F[B-](F)(F)F.OC[C@H](OCc1ccccc1)[C@H](O)C[S+]1C[C@@H](O)[C@H](O)[C@H]1CO. The van der Waals surface area contributed by atoms with Gasteiger partial charge in [0.25, 0.3) is 0 Å². The summed E-state index contributed by atoms with van der Waals surface area (Å²) in [6, 6.07) is 9.46. The molecule has 2 rings (SSSR count). The lowest BCUT2D eigenvalue weighted by Crippen LogP contribution is -2.42. The molecule has 1 aliphatic rings. The second-order valence-corrected chi connectivity index (χ2v) is 8.58. The summed E-state index contributed by atoms with van der Waals surface area (Å²) in [7, 11) is -6.52. The van der Waals surface area contributed by atoms with Gasteiger partial charge in [0.1, 0.15) is 35.9 Å². The zero-order valence-corrected chi connectivity index (χ0v) is 15.8. The summed E-state index contributed by atoms with van der Waals surface area (Å²) in [5, 5.41) is 48.2. The van der Waals surface area contributed by atoms with E-state index in [1.807, 2.05) is 30.3 Å². The van der Waals surface area contributed by atoms with Gasteiger partial charge in [-0.15, -0.1) is 0 Å². The highest BCUT2D eigenvalue weighted by atomic mass is 32.2. The Morgan fingerprint density at radius 2 is 1.68 bits per heavy atom. The van der Waals surface area contributed by atoms with Crippen LogP contribution in [0.1, 0.15) is 5.56 Å². The number of rotatable bonds is 8. The van der Waals surface area contributed by atoms with Crippen molar-refractivity contribution in [3.63, 3.8) is 0 Å². The minimum Gasteiger partial charge on any atom is -0.418 e. The highest BCUT2D eigenvalue weighted by molar-refractivity contribution is 7.97. The molecule has 0 radical (unpaired) electrons. The number of benzene rings is 1. The largest absolute Gasteiger partial charge is 0.673 e. The molecule has 0 aromatic heterocycles. The molecule has 162 valence electrons. The molecule has 5 N–H and O–H groups in total. The van der Waals surface area contributed by atoms with Gasteiger partial charge in [-0.25, -0.2) is 0 Å². The molecule has 1 aliphatic heterocycles. The van der Waals surface area contributed by atoms with Gasteiger partial charge in [0.2, 0.25) is 0 Å². The number of aliphatic hydroxyl groups is 5. The zero-order valence-electron chi connectivity index (χ0n) is 15.0. The summed E-state index contributed by atoms with van der Waals surface area (Å²) < 4.78 is 44.6. The van der Waals surface area contributed by atoms with E-state index in [0.717, 1.165) is 5.56 Å². The van der Waals surface area contributed by atoms with E-state index in [4.69, 9.17) is 4.74 Å². The number of aliphatic hydroxyl groups excluding tert-OH is 5. The van der Waals surface area contributed by atoms with E-state index < -0.39 is 47.8 Å². The second-order valence-electron chi connectivity index (χ2n) is 6.23. The lowest BCUT2D eigenvalue weighted by Gasteiger charge is -2.22.